The van der Waals surface area contributed by atoms with Gasteiger partial charge in [-0.1, -0.05) is 25.5 Å². The van der Waals surface area contributed by atoms with Crippen molar-refractivity contribution in [2.45, 2.75) is 39.2 Å². The van der Waals surface area contributed by atoms with Gasteiger partial charge in [0.05, 0.1) is 22.9 Å². The average Bonchev–Trinajstić information content (AvgIpc) is 2.63. The summed E-state index contributed by atoms with van der Waals surface area (Å²) in [5, 5.41) is 5.60. The van der Waals surface area contributed by atoms with Crippen molar-refractivity contribution in [2.75, 3.05) is 5.73 Å². The third-order valence-corrected chi connectivity index (χ3v) is 3.06. The fraction of sp³-hybridized carbons (Fsp3) is 0.462. The van der Waals surface area contributed by atoms with E-state index in [4.69, 9.17) is 5.73 Å². The zero-order chi connectivity index (χ0) is 11.8. The van der Waals surface area contributed by atoms with Crippen LogP contribution in [0, 0.1) is 0 Å². The van der Waals surface area contributed by atoms with Gasteiger partial charge in [0, 0.05) is 5.39 Å². The van der Waals surface area contributed by atoms with Crippen molar-refractivity contribution in [3.05, 3.63) is 24.4 Å². The minimum atomic E-state index is 0.0198. The molecule has 1 aromatic carbocycles. The van der Waals surface area contributed by atoms with Crippen LogP contribution < -0.4 is 5.73 Å². The Bertz CT molecular complexity index is 497. The zero-order valence-corrected chi connectivity index (χ0v) is 10.2. The Morgan fingerprint density at radius 3 is 2.81 bits per heavy atom. The van der Waals surface area contributed by atoms with Crippen LogP contribution in [0.25, 0.3) is 10.9 Å². The number of nitrogen functional groups attached to an aromatic ring is 1. The lowest BCUT2D eigenvalue weighted by molar-refractivity contribution is 0.303. The Morgan fingerprint density at radius 1 is 1.38 bits per heavy atom. The fourth-order valence-electron chi connectivity index (χ4n) is 2.28. The molecule has 0 aliphatic carbocycles. The average molecular weight is 217 g/mol. The first-order valence-corrected chi connectivity index (χ1v) is 5.79. The van der Waals surface area contributed by atoms with Crippen LogP contribution in [0.2, 0.25) is 0 Å². The van der Waals surface area contributed by atoms with Crippen LogP contribution in [0.4, 0.5) is 5.69 Å². The van der Waals surface area contributed by atoms with Crippen molar-refractivity contribution in [3.63, 3.8) is 0 Å². The predicted molar refractivity (Wildman–Crippen MR) is 68.4 cm³/mol. The molecule has 1 aromatic heterocycles. The highest BCUT2D eigenvalue weighted by molar-refractivity contribution is 5.89. The number of nitrogens with two attached hydrogens (primary N) is 1. The van der Waals surface area contributed by atoms with E-state index in [1.807, 2.05) is 18.3 Å². The number of benzene rings is 1. The molecule has 2 aromatic rings. The molecule has 3 heteroatoms. The number of rotatable bonds is 3. The van der Waals surface area contributed by atoms with Crippen LogP contribution in [0.1, 0.15) is 33.6 Å². The molecule has 0 saturated carbocycles. The van der Waals surface area contributed by atoms with Crippen molar-refractivity contribution in [1.82, 2.24) is 9.78 Å². The second-order valence-electron chi connectivity index (χ2n) is 4.90. The lowest BCUT2D eigenvalue weighted by atomic mass is 9.99. The van der Waals surface area contributed by atoms with E-state index in [-0.39, 0.29) is 5.54 Å². The van der Waals surface area contributed by atoms with E-state index in [0.29, 0.717) is 0 Å². The SMILES string of the molecule is CCCC(C)(C)n1ncc2cccc(N)c21. The monoisotopic (exact) mass is 217 g/mol. The zero-order valence-electron chi connectivity index (χ0n) is 10.2. The van der Waals surface area contributed by atoms with Gasteiger partial charge in [0.1, 0.15) is 0 Å². The molecule has 1 heterocycles. The van der Waals surface area contributed by atoms with Crippen LogP contribution >= 0.6 is 0 Å². The van der Waals surface area contributed by atoms with Crippen molar-refractivity contribution in [3.8, 4) is 0 Å². The third kappa shape index (κ3) is 1.66. The van der Waals surface area contributed by atoms with Crippen molar-refractivity contribution < 1.29 is 0 Å². The Kier molecular flexibility index (Phi) is 2.62. The molecule has 2 N–H and O–H groups in total. The first kappa shape index (κ1) is 11.0. The van der Waals surface area contributed by atoms with E-state index in [9.17, 15) is 0 Å². The number of para-hydroxylation sites is 1. The molecule has 0 spiro atoms. The second-order valence-corrected chi connectivity index (χ2v) is 4.90. The van der Waals surface area contributed by atoms with Gasteiger partial charge in [-0.3, -0.25) is 4.68 Å². The van der Waals surface area contributed by atoms with Gasteiger partial charge in [0.15, 0.2) is 0 Å². The van der Waals surface area contributed by atoms with E-state index >= 15 is 0 Å². The van der Waals surface area contributed by atoms with E-state index < -0.39 is 0 Å². The second kappa shape index (κ2) is 3.81. The number of anilines is 1. The van der Waals surface area contributed by atoms with Crippen molar-refractivity contribution in [1.29, 1.82) is 0 Å². The molecule has 2 rings (SSSR count). The summed E-state index contributed by atoms with van der Waals surface area (Å²) in [6.07, 6.45) is 4.13. The number of fused-ring (bicyclic) bond motifs is 1. The first-order valence-electron chi connectivity index (χ1n) is 5.79. The van der Waals surface area contributed by atoms with Gasteiger partial charge in [-0.2, -0.15) is 5.10 Å². The van der Waals surface area contributed by atoms with Gasteiger partial charge in [-0.15, -0.1) is 0 Å². The summed E-state index contributed by atoms with van der Waals surface area (Å²) in [6, 6.07) is 5.95. The van der Waals surface area contributed by atoms with E-state index in [2.05, 4.69) is 36.6 Å². The number of hydrogen-bond donors (Lipinski definition) is 1. The quantitative estimate of drug-likeness (QED) is 0.802. The molecular weight excluding hydrogens is 198 g/mol. The van der Waals surface area contributed by atoms with E-state index in [1.54, 1.807) is 0 Å². The van der Waals surface area contributed by atoms with Gasteiger partial charge in [0.2, 0.25) is 0 Å². The molecule has 0 bridgehead atoms. The number of hydrogen-bond acceptors (Lipinski definition) is 2. The molecule has 3 nitrogen and oxygen atoms in total. The van der Waals surface area contributed by atoms with Gasteiger partial charge in [-0.05, 0) is 26.3 Å². The van der Waals surface area contributed by atoms with Gasteiger partial charge in [0.25, 0.3) is 0 Å². The molecule has 0 unspecified atom stereocenters. The van der Waals surface area contributed by atoms with Crippen molar-refractivity contribution >= 4 is 16.6 Å². The van der Waals surface area contributed by atoms with Gasteiger partial charge < -0.3 is 5.73 Å². The van der Waals surface area contributed by atoms with Gasteiger partial charge >= 0.3 is 0 Å². The molecular formula is C13H19N3. The maximum Gasteiger partial charge on any atom is 0.0917 e. The lowest BCUT2D eigenvalue weighted by Crippen LogP contribution is -2.27. The summed E-state index contributed by atoms with van der Waals surface area (Å²) < 4.78 is 2.06. The van der Waals surface area contributed by atoms with Gasteiger partial charge in [-0.25, -0.2) is 0 Å². The summed E-state index contributed by atoms with van der Waals surface area (Å²) in [5.74, 6) is 0. The maximum atomic E-state index is 6.03. The smallest absolute Gasteiger partial charge is 0.0917 e. The summed E-state index contributed by atoms with van der Waals surface area (Å²) in [5.41, 5.74) is 7.91. The minimum absolute atomic E-state index is 0.0198. The van der Waals surface area contributed by atoms with E-state index in [0.717, 1.165) is 29.4 Å². The van der Waals surface area contributed by atoms with E-state index in [1.165, 1.54) is 0 Å². The molecule has 0 fully saturated rings. The summed E-state index contributed by atoms with van der Waals surface area (Å²) in [6.45, 7) is 6.60. The van der Waals surface area contributed by atoms with Crippen LogP contribution in [0.15, 0.2) is 24.4 Å². The highest BCUT2D eigenvalue weighted by atomic mass is 15.3. The Hall–Kier alpha value is -1.51. The summed E-state index contributed by atoms with van der Waals surface area (Å²) in [4.78, 5) is 0. The van der Waals surface area contributed by atoms with Crippen LogP contribution in [-0.2, 0) is 5.54 Å². The highest BCUT2D eigenvalue weighted by Crippen LogP contribution is 2.29. The standard InChI is InChI=1S/C13H19N3/c1-4-8-13(2,3)16-12-10(9-15-16)6-5-7-11(12)14/h5-7,9H,4,8,14H2,1-3H3. The Labute approximate surface area is 96.2 Å². The predicted octanol–water partition coefficient (Wildman–Crippen LogP) is 3.15. The minimum Gasteiger partial charge on any atom is -0.397 e. The molecule has 0 saturated heterocycles. The highest BCUT2D eigenvalue weighted by Gasteiger charge is 2.22. The largest absolute Gasteiger partial charge is 0.397 e. The van der Waals surface area contributed by atoms with Crippen LogP contribution in [-0.4, -0.2) is 9.78 Å². The molecule has 0 amide bonds. The Morgan fingerprint density at radius 2 is 2.12 bits per heavy atom. The molecule has 0 aliphatic heterocycles. The number of nitrogens with zero attached hydrogens (tertiary/aromatic N) is 2. The van der Waals surface area contributed by atoms with Crippen molar-refractivity contribution in [2.24, 2.45) is 0 Å². The maximum absolute atomic E-state index is 6.03. The van der Waals surface area contributed by atoms with Crippen LogP contribution in [0.3, 0.4) is 0 Å². The first-order chi connectivity index (χ1) is 7.56. The number of aromatic nitrogens is 2. The fourth-order valence-corrected chi connectivity index (χ4v) is 2.28. The summed E-state index contributed by atoms with van der Waals surface area (Å²) in [7, 11) is 0. The van der Waals surface area contributed by atoms with Crippen LogP contribution in [0.5, 0.6) is 0 Å². The molecule has 0 atom stereocenters. The normalized spacial score (nSPS) is 12.2. The lowest BCUT2D eigenvalue weighted by Gasteiger charge is -2.26. The topological polar surface area (TPSA) is 43.8 Å². The molecule has 0 aliphatic rings. The summed E-state index contributed by atoms with van der Waals surface area (Å²) >= 11 is 0. The molecule has 86 valence electrons. The molecule has 16 heavy (non-hydrogen) atoms. The Balaban J connectivity index is 2.61. The molecule has 0 radical (unpaired) electrons. The third-order valence-electron chi connectivity index (χ3n) is 3.06.